The normalized spacial score (nSPS) is 11.8. The number of carbonyl (C=O) groups excluding carboxylic acids is 2. The van der Waals surface area contributed by atoms with Crippen molar-refractivity contribution in [2.45, 2.75) is 39.0 Å². The van der Waals surface area contributed by atoms with Gasteiger partial charge in [0.1, 0.15) is 0 Å². The first-order valence-electron chi connectivity index (χ1n) is 9.95. The van der Waals surface area contributed by atoms with Gasteiger partial charge >= 0.3 is 5.97 Å². The Kier molecular flexibility index (Phi) is 7.36. The van der Waals surface area contributed by atoms with Crippen molar-refractivity contribution in [1.29, 1.82) is 0 Å². The molecule has 150 valence electrons. The second-order valence-electron chi connectivity index (χ2n) is 7.05. The first kappa shape index (κ1) is 21.0. The maximum atomic E-state index is 13.6. The van der Waals surface area contributed by atoms with Crippen LogP contribution in [0.25, 0.3) is 0 Å². The van der Waals surface area contributed by atoms with E-state index in [1.807, 2.05) is 60.8 Å². The second kappa shape index (κ2) is 10.2. The van der Waals surface area contributed by atoms with E-state index in [4.69, 9.17) is 4.74 Å². The minimum Gasteiger partial charge on any atom is -0.466 e. The third kappa shape index (κ3) is 5.42. The summed E-state index contributed by atoms with van der Waals surface area (Å²) >= 11 is 1.48. The summed E-state index contributed by atoms with van der Waals surface area (Å²) in [4.78, 5) is 26.3. The fourth-order valence-corrected chi connectivity index (χ4v) is 4.48. The Morgan fingerprint density at radius 2 is 1.72 bits per heavy atom. The van der Waals surface area contributed by atoms with Crippen molar-refractivity contribution in [3.8, 4) is 0 Å². The van der Waals surface area contributed by atoms with Crippen LogP contribution in [0.5, 0.6) is 0 Å². The van der Waals surface area contributed by atoms with Gasteiger partial charge in [0.05, 0.1) is 11.5 Å². The van der Waals surface area contributed by atoms with Gasteiger partial charge in [-0.1, -0.05) is 54.6 Å². The predicted molar refractivity (Wildman–Crippen MR) is 118 cm³/mol. The van der Waals surface area contributed by atoms with Crippen LogP contribution in [-0.2, 0) is 16.0 Å². The third-order valence-corrected chi connectivity index (χ3v) is 6.00. The molecule has 0 saturated heterocycles. The SMILES string of the molecule is CCOC(=O)CCC(C(=O)c1sccc1Cc1ccccc1)c1ccccc1C. The summed E-state index contributed by atoms with van der Waals surface area (Å²) in [6, 6.07) is 20.1. The lowest BCUT2D eigenvalue weighted by Crippen LogP contribution is -2.17. The number of thiophene rings is 1. The van der Waals surface area contributed by atoms with Crippen LogP contribution in [0.2, 0.25) is 0 Å². The Balaban J connectivity index is 1.88. The van der Waals surface area contributed by atoms with Crippen molar-refractivity contribution in [3.05, 3.63) is 93.2 Å². The van der Waals surface area contributed by atoms with Crippen molar-refractivity contribution >= 4 is 23.1 Å². The van der Waals surface area contributed by atoms with Crippen LogP contribution in [-0.4, -0.2) is 18.4 Å². The summed E-state index contributed by atoms with van der Waals surface area (Å²) in [6.07, 6.45) is 1.41. The Bertz CT molecular complexity index is 959. The molecule has 0 N–H and O–H groups in total. The van der Waals surface area contributed by atoms with Crippen LogP contribution in [0.15, 0.2) is 66.0 Å². The third-order valence-electron chi connectivity index (χ3n) is 5.03. The Morgan fingerprint density at radius 1 is 1.00 bits per heavy atom. The molecule has 1 atom stereocenters. The Morgan fingerprint density at radius 3 is 2.45 bits per heavy atom. The van der Waals surface area contributed by atoms with Crippen LogP contribution in [0, 0.1) is 6.92 Å². The summed E-state index contributed by atoms with van der Waals surface area (Å²) in [5, 5.41) is 1.98. The van der Waals surface area contributed by atoms with Crippen molar-refractivity contribution in [1.82, 2.24) is 0 Å². The van der Waals surface area contributed by atoms with E-state index in [-0.39, 0.29) is 24.1 Å². The Labute approximate surface area is 176 Å². The highest BCUT2D eigenvalue weighted by molar-refractivity contribution is 7.12. The molecule has 29 heavy (non-hydrogen) atoms. The molecule has 0 aliphatic rings. The summed E-state index contributed by atoms with van der Waals surface area (Å²) in [7, 11) is 0. The lowest BCUT2D eigenvalue weighted by Gasteiger charge is -2.18. The standard InChI is InChI=1S/C25H26O3S/c1-3-28-23(26)14-13-22(21-12-8-7-9-18(21)2)24(27)25-20(15-16-29-25)17-19-10-5-4-6-11-19/h4-12,15-16,22H,3,13-14,17H2,1-2H3. The van der Waals surface area contributed by atoms with Gasteiger partial charge in [-0.2, -0.15) is 0 Å². The van der Waals surface area contributed by atoms with E-state index in [1.54, 1.807) is 6.92 Å². The first-order chi connectivity index (χ1) is 14.1. The Hall–Kier alpha value is -2.72. The van der Waals surface area contributed by atoms with E-state index < -0.39 is 0 Å². The van der Waals surface area contributed by atoms with Gasteiger partial charge in [0.15, 0.2) is 5.78 Å². The summed E-state index contributed by atoms with van der Waals surface area (Å²) in [5.41, 5.74) is 4.27. The summed E-state index contributed by atoms with van der Waals surface area (Å²) in [5.74, 6) is -0.520. The molecule has 0 aliphatic carbocycles. The van der Waals surface area contributed by atoms with Gasteiger partial charge < -0.3 is 4.74 Å². The van der Waals surface area contributed by atoms with Crippen LogP contribution in [0.1, 0.15) is 57.6 Å². The zero-order chi connectivity index (χ0) is 20.6. The molecule has 3 aromatic rings. The van der Waals surface area contributed by atoms with Gasteiger partial charge in [-0.25, -0.2) is 0 Å². The van der Waals surface area contributed by atoms with Crippen molar-refractivity contribution in [3.63, 3.8) is 0 Å². The second-order valence-corrected chi connectivity index (χ2v) is 7.97. The highest BCUT2D eigenvalue weighted by Gasteiger charge is 2.27. The maximum absolute atomic E-state index is 13.6. The van der Waals surface area contributed by atoms with E-state index in [2.05, 4.69) is 12.1 Å². The molecule has 1 aromatic heterocycles. The molecule has 4 heteroatoms. The molecule has 1 unspecified atom stereocenters. The molecule has 0 aliphatic heterocycles. The van der Waals surface area contributed by atoms with Crippen LogP contribution in [0.3, 0.4) is 0 Å². The zero-order valence-corrected chi connectivity index (χ0v) is 17.7. The van der Waals surface area contributed by atoms with E-state index in [9.17, 15) is 9.59 Å². The number of aryl methyl sites for hydroxylation is 1. The quantitative estimate of drug-likeness (QED) is 0.325. The molecule has 3 nitrogen and oxygen atoms in total. The number of hydrogen-bond acceptors (Lipinski definition) is 4. The van der Waals surface area contributed by atoms with Crippen molar-refractivity contribution < 1.29 is 14.3 Å². The van der Waals surface area contributed by atoms with Crippen LogP contribution in [0.4, 0.5) is 0 Å². The number of ketones is 1. The number of ether oxygens (including phenoxy) is 1. The molecule has 1 heterocycles. The molecule has 3 rings (SSSR count). The van der Waals surface area contributed by atoms with Crippen molar-refractivity contribution in [2.24, 2.45) is 0 Å². The van der Waals surface area contributed by atoms with Crippen LogP contribution >= 0.6 is 11.3 Å². The van der Waals surface area contributed by atoms with Gasteiger partial charge in [0.2, 0.25) is 0 Å². The average Bonchev–Trinajstić information content (AvgIpc) is 3.18. The van der Waals surface area contributed by atoms with E-state index >= 15 is 0 Å². The highest BCUT2D eigenvalue weighted by atomic mass is 32.1. The topological polar surface area (TPSA) is 43.4 Å². The average molecular weight is 407 g/mol. The van der Waals surface area contributed by atoms with Gasteiger partial charge in [-0.15, -0.1) is 11.3 Å². The highest BCUT2D eigenvalue weighted by Crippen LogP contribution is 2.32. The number of hydrogen-bond donors (Lipinski definition) is 0. The fourth-order valence-electron chi connectivity index (χ4n) is 3.57. The van der Waals surface area contributed by atoms with Gasteiger partial charge in [-0.3, -0.25) is 9.59 Å². The van der Waals surface area contributed by atoms with Crippen LogP contribution < -0.4 is 0 Å². The molecule has 0 saturated carbocycles. The number of rotatable bonds is 9. The predicted octanol–water partition coefficient (Wildman–Crippen LogP) is 5.96. The monoisotopic (exact) mass is 406 g/mol. The minimum atomic E-state index is -0.353. The largest absolute Gasteiger partial charge is 0.466 e. The number of benzene rings is 2. The molecular formula is C25H26O3S. The molecule has 0 bridgehead atoms. The molecule has 0 amide bonds. The molecule has 0 radical (unpaired) electrons. The number of Topliss-reactive ketones (excluding diaryl/α,β-unsaturated/α-hetero) is 1. The van der Waals surface area contributed by atoms with Gasteiger partial charge in [0.25, 0.3) is 0 Å². The summed E-state index contributed by atoms with van der Waals surface area (Å²) < 4.78 is 5.08. The van der Waals surface area contributed by atoms with Gasteiger partial charge in [-0.05, 0) is 60.4 Å². The zero-order valence-electron chi connectivity index (χ0n) is 16.9. The summed E-state index contributed by atoms with van der Waals surface area (Å²) in [6.45, 7) is 4.16. The molecule has 0 spiro atoms. The smallest absolute Gasteiger partial charge is 0.305 e. The molecule has 2 aromatic carbocycles. The minimum absolute atomic E-state index is 0.0875. The van der Waals surface area contributed by atoms with E-state index in [0.29, 0.717) is 13.0 Å². The molecular weight excluding hydrogens is 380 g/mol. The van der Waals surface area contributed by atoms with Crippen molar-refractivity contribution in [2.75, 3.05) is 6.61 Å². The van der Waals surface area contributed by atoms with E-state index in [1.165, 1.54) is 16.9 Å². The number of esters is 1. The van der Waals surface area contributed by atoms with Gasteiger partial charge in [0, 0.05) is 12.3 Å². The lowest BCUT2D eigenvalue weighted by molar-refractivity contribution is -0.143. The maximum Gasteiger partial charge on any atom is 0.305 e. The number of carbonyl (C=O) groups is 2. The lowest BCUT2D eigenvalue weighted by atomic mass is 9.86. The van der Waals surface area contributed by atoms with E-state index in [0.717, 1.165) is 28.0 Å². The fraction of sp³-hybridized carbons (Fsp3) is 0.280. The first-order valence-corrected chi connectivity index (χ1v) is 10.8. The molecule has 0 fully saturated rings.